The third kappa shape index (κ3) is 3.51. The molecule has 1 N–H and O–H groups in total. The van der Waals surface area contributed by atoms with Crippen LogP contribution in [-0.4, -0.2) is 12.0 Å². The minimum Gasteiger partial charge on any atom is -0.437 e. The second-order valence-electron chi connectivity index (χ2n) is 3.80. The zero-order valence-corrected chi connectivity index (χ0v) is 12.4. The fourth-order valence-electron chi connectivity index (χ4n) is 1.52. The van der Waals surface area contributed by atoms with Crippen molar-refractivity contribution in [3.05, 3.63) is 51.1 Å². The summed E-state index contributed by atoms with van der Waals surface area (Å²) in [4.78, 5) is 4.10. The maximum Gasteiger partial charge on any atom is 0.219 e. The maximum absolute atomic E-state index is 6.05. The van der Waals surface area contributed by atoms with E-state index in [-0.39, 0.29) is 0 Å². The average Bonchev–Trinajstić information content (AvgIpc) is 2.39. The van der Waals surface area contributed by atoms with Gasteiger partial charge < -0.3 is 10.1 Å². The fraction of sp³-hybridized carbons (Fsp3) is 0.154. The average molecular weight is 318 g/mol. The second-order valence-corrected chi connectivity index (χ2v) is 4.99. The maximum atomic E-state index is 6.05. The van der Waals surface area contributed by atoms with Crippen LogP contribution in [0.15, 0.2) is 30.5 Å². The Hall–Kier alpha value is -1.000. The number of nitrogens with zero attached hydrogens (tertiary/aromatic N) is 1. The van der Waals surface area contributed by atoms with Crippen molar-refractivity contribution in [2.45, 2.75) is 6.54 Å². The van der Waals surface area contributed by atoms with E-state index in [9.17, 15) is 0 Å². The quantitative estimate of drug-likeness (QED) is 0.898. The lowest BCUT2D eigenvalue weighted by Gasteiger charge is -2.09. The Morgan fingerprint density at radius 2 is 2.00 bits per heavy atom. The lowest BCUT2D eigenvalue weighted by atomic mass is 10.2. The molecule has 1 aromatic carbocycles. The number of benzene rings is 1. The summed E-state index contributed by atoms with van der Waals surface area (Å²) < 4.78 is 5.62. The molecule has 0 unspecified atom stereocenters. The molecule has 0 saturated heterocycles. The third-order valence-corrected chi connectivity index (χ3v) is 3.55. The Bertz CT molecular complexity index is 590. The zero-order valence-electron chi connectivity index (χ0n) is 10.1. The molecule has 0 atom stereocenters. The van der Waals surface area contributed by atoms with Gasteiger partial charge in [-0.2, -0.15) is 0 Å². The van der Waals surface area contributed by atoms with Crippen LogP contribution >= 0.6 is 34.8 Å². The largest absolute Gasteiger partial charge is 0.437 e. The summed E-state index contributed by atoms with van der Waals surface area (Å²) in [5.41, 5.74) is 0.896. The van der Waals surface area contributed by atoms with Crippen molar-refractivity contribution in [2.75, 3.05) is 7.05 Å². The molecule has 0 aliphatic rings. The highest BCUT2D eigenvalue weighted by Gasteiger charge is 2.09. The van der Waals surface area contributed by atoms with Gasteiger partial charge in [0.1, 0.15) is 10.8 Å². The molecular formula is C13H11Cl3N2O. The number of pyridine rings is 1. The van der Waals surface area contributed by atoms with Crippen LogP contribution in [0.1, 0.15) is 5.56 Å². The number of rotatable bonds is 4. The molecule has 6 heteroatoms. The van der Waals surface area contributed by atoms with Gasteiger partial charge in [0.15, 0.2) is 0 Å². The standard InChI is InChI=1S/C13H11Cl3N2O/c1-17-6-8-5-12(18-7-10(8)15)19-11-4-2-3-9(14)13(11)16/h2-5,7,17H,6H2,1H3. The summed E-state index contributed by atoms with van der Waals surface area (Å²) in [6.45, 7) is 0.626. The molecule has 1 heterocycles. The molecule has 2 rings (SSSR count). The monoisotopic (exact) mass is 316 g/mol. The van der Waals surface area contributed by atoms with E-state index in [2.05, 4.69) is 10.3 Å². The lowest BCUT2D eigenvalue weighted by Crippen LogP contribution is -2.06. The molecule has 0 aliphatic heterocycles. The lowest BCUT2D eigenvalue weighted by molar-refractivity contribution is 0.462. The van der Waals surface area contributed by atoms with Gasteiger partial charge in [-0.15, -0.1) is 0 Å². The van der Waals surface area contributed by atoms with Gasteiger partial charge in [-0.1, -0.05) is 40.9 Å². The van der Waals surface area contributed by atoms with E-state index in [1.54, 1.807) is 30.5 Å². The SMILES string of the molecule is CNCc1cc(Oc2cccc(Cl)c2Cl)ncc1Cl. The molecule has 0 radical (unpaired) electrons. The van der Waals surface area contributed by atoms with E-state index in [4.69, 9.17) is 39.5 Å². The Morgan fingerprint density at radius 1 is 1.21 bits per heavy atom. The fourth-order valence-corrected chi connectivity index (χ4v) is 2.02. The van der Waals surface area contributed by atoms with E-state index in [1.807, 2.05) is 7.05 Å². The molecular weight excluding hydrogens is 307 g/mol. The highest BCUT2D eigenvalue weighted by atomic mass is 35.5. The Morgan fingerprint density at radius 3 is 2.74 bits per heavy atom. The molecule has 1 aromatic heterocycles. The van der Waals surface area contributed by atoms with Crippen LogP contribution in [-0.2, 0) is 6.54 Å². The minimum atomic E-state index is 0.357. The van der Waals surface area contributed by atoms with Crippen molar-refractivity contribution in [3.8, 4) is 11.6 Å². The first-order valence-corrected chi connectivity index (χ1v) is 6.66. The van der Waals surface area contributed by atoms with Crippen LogP contribution in [0.25, 0.3) is 0 Å². The van der Waals surface area contributed by atoms with Crippen LogP contribution in [0.5, 0.6) is 11.6 Å². The number of aromatic nitrogens is 1. The second kappa shape index (κ2) is 6.44. The van der Waals surface area contributed by atoms with Crippen LogP contribution in [0.2, 0.25) is 15.1 Å². The van der Waals surface area contributed by atoms with Crippen molar-refractivity contribution in [3.63, 3.8) is 0 Å². The molecule has 19 heavy (non-hydrogen) atoms. The topological polar surface area (TPSA) is 34.1 Å². The van der Waals surface area contributed by atoms with Gasteiger partial charge in [-0.3, -0.25) is 0 Å². The first-order valence-electron chi connectivity index (χ1n) is 5.52. The molecule has 0 aliphatic carbocycles. The van der Waals surface area contributed by atoms with Crippen LogP contribution in [0.3, 0.4) is 0 Å². The Balaban J connectivity index is 2.28. The van der Waals surface area contributed by atoms with Crippen molar-refractivity contribution < 1.29 is 4.74 Å². The third-order valence-electron chi connectivity index (χ3n) is 2.41. The Labute approximate surface area is 126 Å². The van der Waals surface area contributed by atoms with E-state index < -0.39 is 0 Å². The summed E-state index contributed by atoms with van der Waals surface area (Å²) in [5.74, 6) is 0.873. The van der Waals surface area contributed by atoms with E-state index in [0.717, 1.165) is 5.56 Å². The van der Waals surface area contributed by atoms with Gasteiger partial charge in [0.25, 0.3) is 0 Å². The molecule has 100 valence electrons. The van der Waals surface area contributed by atoms with Gasteiger partial charge in [0, 0.05) is 18.8 Å². The van der Waals surface area contributed by atoms with Gasteiger partial charge >= 0.3 is 0 Å². The summed E-state index contributed by atoms with van der Waals surface area (Å²) in [6, 6.07) is 6.94. The highest BCUT2D eigenvalue weighted by Crippen LogP contribution is 2.34. The number of nitrogens with one attached hydrogen (secondary N) is 1. The van der Waals surface area contributed by atoms with Gasteiger partial charge in [-0.25, -0.2) is 4.98 Å². The summed E-state index contributed by atoms with van der Waals surface area (Å²) in [7, 11) is 1.84. The molecule has 0 saturated carbocycles. The highest BCUT2D eigenvalue weighted by molar-refractivity contribution is 6.42. The molecule has 0 bridgehead atoms. The van der Waals surface area contributed by atoms with E-state index >= 15 is 0 Å². The van der Waals surface area contributed by atoms with E-state index in [0.29, 0.717) is 33.2 Å². The number of halogens is 3. The minimum absolute atomic E-state index is 0.357. The zero-order chi connectivity index (χ0) is 13.8. The summed E-state index contributed by atoms with van der Waals surface area (Å²) >= 11 is 18.0. The van der Waals surface area contributed by atoms with Crippen molar-refractivity contribution in [1.82, 2.24) is 10.3 Å². The predicted octanol–water partition coefficient (Wildman–Crippen LogP) is 4.55. The molecule has 0 amide bonds. The van der Waals surface area contributed by atoms with Crippen molar-refractivity contribution in [2.24, 2.45) is 0 Å². The molecule has 0 fully saturated rings. The van der Waals surface area contributed by atoms with Gasteiger partial charge in [-0.05, 0) is 24.7 Å². The molecule has 2 aromatic rings. The smallest absolute Gasteiger partial charge is 0.219 e. The van der Waals surface area contributed by atoms with Crippen LogP contribution in [0, 0.1) is 0 Å². The van der Waals surface area contributed by atoms with Gasteiger partial charge in [0.2, 0.25) is 5.88 Å². The van der Waals surface area contributed by atoms with Crippen LogP contribution in [0.4, 0.5) is 0 Å². The summed E-state index contributed by atoms with van der Waals surface area (Å²) in [5, 5.41) is 4.40. The van der Waals surface area contributed by atoms with Gasteiger partial charge in [0.05, 0.1) is 10.0 Å². The van der Waals surface area contributed by atoms with E-state index in [1.165, 1.54) is 0 Å². The summed E-state index contributed by atoms with van der Waals surface area (Å²) in [6.07, 6.45) is 1.54. The van der Waals surface area contributed by atoms with Crippen molar-refractivity contribution in [1.29, 1.82) is 0 Å². The van der Waals surface area contributed by atoms with Crippen LogP contribution < -0.4 is 10.1 Å². The number of hydrogen-bond donors (Lipinski definition) is 1. The van der Waals surface area contributed by atoms with Crippen molar-refractivity contribution >= 4 is 34.8 Å². The molecule has 0 spiro atoms. The number of ether oxygens (including phenoxy) is 1. The first-order chi connectivity index (χ1) is 9.11. The Kier molecular flexibility index (Phi) is 4.88. The normalized spacial score (nSPS) is 10.5. The predicted molar refractivity (Wildman–Crippen MR) is 78.5 cm³/mol. The first kappa shape index (κ1) is 14.4. The number of hydrogen-bond acceptors (Lipinski definition) is 3. The molecule has 3 nitrogen and oxygen atoms in total.